The van der Waals surface area contributed by atoms with E-state index in [0.29, 0.717) is 12.0 Å². The second-order valence-corrected chi connectivity index (χ2v) is 6.32. The number of hydrogen-bond donors (Lipinski definition) is 0. The van der Waals surface area contributed by atoms with Crippen LogP contribution in [0.15, 0.2) is 42.6 Å². The Balaban J connectivity index is 1.92. The Bertz CT molecular complexity index is 642. The molecule has 2 nitrogen and oxygen atoms in total. The molecule has 4 rings (SSSR count). The fraction of sp³-hybridized carbons (Fsp3) is 0.412. The molecule has 0 amide bonds. The van der Waals surface area contributed by atoms with Crippen molar-refractivity contribution in [2.24, 2.45) is 7.05 Å². The predicted octanol–water partition coefficient (Wildman–Crippen LogP) is 3.29. The van der Waals surface area contributed by atoms with Gasteiger partial charge >= 0.3 is 0 Å². The van der Waals surface area contributed by atoms with E-state index in [1.165, 1.54) is 16.9 Å². The first kappa shape index (κ1) is 11.2. The third-order valence-electron chi connectivity index (χ3n) is 5.29. The second-order valence-electron chi connectivity index (χ2n) is 6.32. The zero-order valence-electron chi connectivity index (χ0n) is 11.8. The van der Waals surface area contributed by atoms with Crippen molar-refractivity contribution >= 4 is 5.69 Å². The zero-order chi connectivity index (χ0) is 13.2. The topological polar surface area (TPSA) is 8.17 Å². The molecule has 0 spiro atoms. The summed E-state index contributed by atoms with van der Waals surface area (Å²) >= 11 is 0. The summed E-state index contributed by atoms with van der Waals surface area (Å²) in [6, 6.07) is 14.0. The molecule has 2 aromatic rings. The van der Waals surface area contributed by atoms with Crippen LogP contribution in [0.3, 0.4) is 0 Å². The van der Waals surface area contributed by atoms with Crippen LogP contribution in [-0.4, -0.2) is 17.2 Å². The maximum absolute atomic E-state index is 2.59. The average Bonchev–Trinajstić information content (AvgIpc) is 3.01. The Kier molecular flexibility index (Phi) is 2.02. The third-order valence-corrected chi connectivity index (χ3v) is 5.29. The van der Waals surface area contributed by atoms with E-state index in [1.54, 1.807) is 0 Å². The predicted molar refractivity (Wildman–Crippen MR) is 78.8 cm³/mol. The van der Waals surface area contributed by atoms with Crippen LogP contribution in [0.5, 0.6) is 0 Å². The SMILES string of the molecule is CC1C(c2cccn2C)C2(C)CN1c1ccccc12. The van der Waals surface area contributed by atoms with E-state index in [1.807, 2.05) is 0 Å². The van der Waals surface area contributed by atoms with E-state index >= 15 is 0 Å². The van der Waals surface area contributed by atoms with Gasteiger partial charge in [-0.1, -0.05) is 25.1 Å². The van der Waals surface area contributed by atoms with E-state index in [-0.39, 0.29) is 5.41 Å². The van der Waals surface area contributed by atoms with Crippen LogP contribution >= 0.6 is 0 Å². The molecular formula is C17H20N2. The number of nitrogens with zero attached hydrogens (tertiary/aromatic N) is 2. The molecule has 3 atom stereocenters. The van der Waals surface area contributed by atoms with Gasteiger partial charge in [-0.15, -0.1) is 0 Å². The average molecular weight is 252 g/mol. The normalized spacial score (nSPS) is 31.8. The Morgan fingerprint density at radius 2 is 1.95 bits per heavy atom. The first-order valence-corrected chi connectivity index (χ1v) is 7.10. The highest BCUT2D eigenvalue weighted by Crippen LogP contribution is 2.57. The van der Waals surface area contributed by atoms with Gasteiger partial charge < -0.3 is 9.47 Å². The first-order chi connectivity index (χ1) is 9.13. The molecule has 1 saturated heterocycles. The van der Waals surface area contributed by atoms with E-state index in [2.05, 4.69) is 73.0 Å². The van der Waals surface area contributed by atoms with Crippen molar-refractivity contribution in [3.63, 3.8) is 0 Å². The highest BCUT2D eigenvalue weighted by Gasteiger charge is 2.56. The van der Waals surface area contributed by atoms with Gasteiger partial charge in [0.05, 0.1) is 0 Å². The van der Waals surface area contributed by atoms with E-state index in [9.17, 15) is 0 Å². The van der Waals surface area contributed by atoms with Gasteiger partial charge in [-0.05, 0) is 30.7 Å². The monoisotopic (exact) mass is 252 g/mol. The highest BCUT2D eigenvalue weighted by molar-refractivity contribution is 5.68. The molecule has 1 aromatic carbocycles. The fourth-order valence-electron chi connectivity index (χ4n) is 4.44. The summed E-state index contributed by atoms with van der Waals surface area (Å²) in [5.41, 5.74) is 4.69. The minimum absolute atomic E-state index is 0.252. The van der Waals surface area contributed by atoms with Gasteiger partial charge in [-0.3, -0.25) is 0 Å². The Labute approximate surface area is 114 Å². The molecule has 0 N–H and O–H groups in total. The number of hydrogen-bond acceptors (Lipinski definition) is 1. The molecule has 19 heavy (non-hydrogen) atoms. The summed E-state index contributed by atoms with van der Waals surface area (Å²) < 4.78 is 2.29. The molecule has 0 saturated carbocycles. The van der Waals surface area contributed by atoms with Gasteiger partial charge in [0.2, 0.25) is 0 Å². The Hall–Kier alpha value is -1.70. The molecule has 2 aliphatic heterocycles. The molecule has 98 valence electrons. The first-order valence-electron chi connectivity index (χ1n) is 7.10. The van der Waals surface area contributed by atoms with Crippen LogP contribution in [0, 0.1) is 0 Å². The number of para-hydroxylation sites is 1. The maximum atomic E-state index is 2.59. The van der Waals surface area contributed by atoms with E-state index < -0.39 is 0 Å². The minimum atomic E-state index is 0.252. The number of fused-ring (bicyclic) bond motifs is 5. The van der Waals surface area contributed by atoms with Crippen molar-refractivity contribution in [1.29, 1.82) is 0 Å². The second kappa shape index (κ2) is 3.44. The lowest BCUT2D eigenvalue weighted by atomic mass is 9.70. The van der Waals surface area contributed by atoms with E-state index in [0.717, 1.165) is 6.54 Å². The summed E-state index contributed by atoms with van der Waals surface area (Å²) in [6.07, 6.45) is 2.17. The molecule has 2 heteroatoms. The molecule has 1 fully saturated rings. The molecule has 3 unspecified atom stereocenters. The maximum Gasteiger partial charge on any atom is 0.0408 e. The molecule has 0 radical (unpaired) electrons. The van der Waals surface area contributed by atoms with Gasteiger partial charge in [0.25, 0.3) is 0 Å². The fourth-order valence-corrected chi connectivity index (χ4v) is 4.44. The number of benzene rings is 1. The quantitative estimate of drug-likeness (QED) is 0.756. The Morgan fingerprint density at radius 3 is 2.68 bits per heavy atom. The van der Waals surface area contributed by atoms with Crippen molar-refractivity contribution in [2.75, 3.05) is 11.4 Å². The molecule has 1 aromatic heterocycles. The van der Waals surface area contributed by atoms with Crippen LogP contribution in [0.25, 0.3) is 0 Å². The van der Waals surface area contributed by atoms with Gasteiger partial charge in [-0.2, -0.15) is 0 Å². The smallest absolute Gasteiger partial charge is 0.0408 e. The standard InChI is InChI=1S/C17H20N2/c1-12-16(15-9-6-10-18(15)3)17(2)11-19(12)14-8-5-4-7-13(14)17/h4-10,12,16H,11H2,1-3H3. The summed E-state index contributed by atoms with van der Waals surface area (Å²) in [5, 5.41) is 0. The summed E-state index contributed by atoms with van der Waals surface area (Å²) in [6.45, 7) is 5.97. The number of aromatic nitrogens is 1. The minimum Gasteiger partial charge on any atom is -0.367 e. The molecule has 2 bridgehead atoms. The van der Waals surface area contributed by atoms with Crippen LogP contribution in [-0.2, 0) is 12.5 Å². The van der Waals surface area contributed by atoms with Crippen LogP contribution < -0.4 is 4.90 Å². The van der Waals surface area contributed by atoms with Gasteiger partial charge in [0, 0.05) is 48.5 Å². The Morgan fingerprint density at radius 1 is 1.16 bits per heavy atom. The van der Waals surface area contributed by atoms with Crippen molar-refractivity contribution < 1.29 is 0 Å². The zero-order valence-corrected chi connectivity index (χ0v) is 11.8. The lowest BCUT2D eigenvalue weighted by Gasteiger charge is -2.37. The van der Waals surface area contributed by atoms with E-state index in [4.69, 9.17) is 0 Å². The molecule has 2 aliphatic rings. The number of aryl methyl sites for hydroxylation is 1. The number of anilines is 1. The largest absolute Gasteiger partial charge is 0.367 e. The van der Waals surface area contributed by atoms with Gasteiger partial charge in [0.15, 0.2) is 0 Å². The molecular weight excluding hydrogens is 232 g/mol. The van der Waals surface area contributed by atoms with Gasteiger partial charge in [0.1, 0.15) is 0 Å². The molecule has 0 aliphatic carbocycles. The van der Waals surface area contributed by atoms with Crippen LogP contribution in [0.1, 0.15) is 31.0 Å². The summed E-state index contributed by atoms with van der Waals surface area (Å²) in [5.74, 6) is 0.586. The summed E-state index contributed by atoms with van der Waals surface area (Å²) in [7, 11) is 2.17. The van der Waals surface area contributed by atoms with Crippen molar-refractivity contribution in [3.05, 3.63) is 53.9 Å². The van der Waals surface area contributed by atoms with Crippen LogP contribution in [0.4, 0.5) is 5.69 Å². The lowest BCUT2D eigenvalue weighted by molar-refractivity contribution is 0.419. The van der Waals surface area contributed by atoms with Crippen molar-refractivity contribution in [2.45, 2.75) is 31.2 Å². The van der Waals surface area contributed by atoms with Crippen LogP contribution in [0.2, 0.25) is 0 Å². The summed E-state index contributed by atoms with van der Waals surface area (Å²) in [4.78, 5) is 2.59. The molecule has 3 heterocycles. The highest BCUT2D eigenvalue weighted by atomic mass is 15.2. The van der Waals surface area contributed by atoms with Crippen molar-refractivity contribution in [3.8, 4) is 0 Å². The van der Waals surface area contributed by atoms with Gasteiger partial charge in [-0.25, -0.2) is 0 Å². The lowest BCUT2D eigenvalue weighted by Crippen LogP contribution is -2.35. The third kappa shape index (κ3) is 1.22. The van der Waals surface area contributed by atoms with Crippen molar-refractivity contribution in [1.82, 2.24) is 4.57 Å². The number of rotatable bonds is 1.